The van der Waals surface area contributed by atoms with E-state index in [4.69, 9.17) is 0 Å². The first-order valence-corrected chi connectivity index (χ1v) is 42.7. The van der Waals surface area contributed by atoms with Crippen LogP contribution >= 0.6 is 0 Å². The van der Waals surface area contributed by atoms with Crippen LogP contribution in [0.4, 0.5) is 0 Å². The summed E-state index contributed by atoms with van der Waals surface area (Å²) in [5, 5.41) is 0. The van der Waals surface area contributed by atoms with Gasteiger partial charge in [0.2, 0.25) is 0 Å². The highest BCUT2D eigenvalue weighted by atomic mass is 14.7. The molecule has 0 heterocycles. The average molecular weight is 1180 g/mol. The molecular weight excluding hydrogens is 1030 g/mol. The highest BCUT2D eigenvalue weighted by Crippen LogP contribution is 2.68. The molecule has 0 spiro atoms. The van der Waals surface area contributed by atoms with Crippen molar-refractivity contribution in [1.29, 1.82) is 0 Å². The van der Waals surface area contributed by atoms with Crippen molar-refractivity contribution in [3.63, 3.8) is 0 Å². The lowest BCUT2D eigenvalue weighted by Gasteiger charge is -2.62. The molecule has 14 atom stereocenters. The van der Waals surface area contributed by atoms with Gasteiger partial charge in [0.05, 0.1) is 0 Å². The molecule has 15 saturated carbocycles. The summed E-state index contributed by atoms with van der Waals surface area (Å²) in [6.07, 6.45) is 93.6. The standard InChI is InChI=1S/C86H144/c1-9-29-59(30-10-1)75-57-77(83(65-37-17-5-18-38-65)85(67-41-21-7-22-42-67)81(75)63-33-13-3-14-34-63)61-49-53-69(54-50-61)79-71-45-25-27-47-73(71)80(74-48-28-26-46-72(74)79)70-55-51-62(52-56-70)78-58-76(60-31-11-2-12-32-60)82(64-35-15-4-16-36-64)86(68-43-23-8-24-44-68)84(78)66-39-19-6-20-40-66/h59-86H,1-58H2. The van der Waals surface area contributed by atoms with E-state index in [1.54, 1.807) is 372 Å². The Labute approximate surface area is 535 Å². The molecule has 86 heavy (non-hydrogen) atoms. The molecule has 15 aliphatic carbocycles. The molecule has 0 N–H and O–H groups in total. The second kappa shape index (κ2) is 29.7. The van der Waals surface area contributed by atoms with E-state index >= 15 is 0 Å². The fourth-order valence-electron chi connectivity index (χ4n) is 31.3. The molecule has 0 aromatic carbocycles. The van der Waals surface area contributed by atoms with Crippen molar-refractivity contribution >= 4 is 0 Å². The highest BCUT2D eigenvalue weighted by molar-refractivity contribution is 5.09. The lowest BCUT2D eigenvalue weighted by Crippen LogP contribution is -2.55. The fraction of sp³-hybridized carbons (Fsp3) is 1.00. The summed E-state index contributed by atoms with van der Waals surface area (Å²) in [6.45, 7) is 0. The number of hydrogen-bond acceptors (Lipinski definition) is 0. The van der Waals surface area contributed by atoms with Gasteiger partial charge >= 0.3 is 0 Å². The van der Waals surface area contributed by atoms with Gasteiger partial charge in [0.1, 0.15) is 0 Å². The Hall–Kier alpha value is 0. The number of rotatable bonds is 12. The lowest BCUT2D eigenvalue weighted by molar-refractivity contribution is -0.132. The predicted molar refractivity (Wildman–Crippen MR) is 366 cm³/mol. The topological polar surface area (TPSA) is 0 Å². The van der Waals surface area contributed by atoms with Gasteiger partial charge in [0, 0.05) is 0 Å². The Morgan fingerprint density at radius 2 is 0.244 bits per heavy atom. The monoisotopic (exact) mass is 1180 g/mol. The van der Waals surface area contributed by atoms with Gasteiger partial charge in [-0.2, -0.15) is 0 Å². The third-order valence-corrected chi connectivity index (χ3v) is 34.2. The summed E-state index contributed by atoms with van der Waals surface area (Å²) in [5.41, 5.74) is 0. The van der Waals surface area contributed by atoms with E-state index in [-0.39, 0.29) is 0 Å². The Morgan fingerprint density at radius 1 is 0.0930 bits per heavy atom. The van der Waals surface area contributed by atoms with Crippen LogP contribution in [-0.2, 0) is 0 Å². The normalized spacial score (nSPS) is 46.3. The van der Waals surface area contributed by atoms with Crippen LogP contribution in [0.25, 0.3) is 0 Å². The minimum atomic E-state index is 1.08. The number of hydrogen-bond donors (Lipinski definition) is 0. The second-order valence-electron chi connectivity index (χ2n) is 37.5. The van der Waals surface area contributed by atoms with Crippen LogP contribution in [0.2, 0.25) is 0 Å². The molecule has 0 aromatic heterocycles. The minimum Gasteiger partial charge on any atom is -0.0533 e. The first-order chi connectivity index (χ1) is 42.7. The van der Waals surface area contributed by atoms with Crippen LogP contribution in [0.15, 0.2) is 0 Å². The molecule has 0 radical (unpaired) electrons. The van der Waals surface area contributed by atoms with Crippen LogP contribution in [0, 0.1) is 166 Å². The maximum absolute atomic E-state index is 1.72. The average Bonchev–Trinajstić information content (AvgIpc) is 2.28. The third kappa shape index (κ3) is 13.1. The smallest absolute Gasteiger partial charge is 0.0318 e. The Kier molecular flexibility index (Phi) is 21.5. The van der Waals surface area contributed by atoms with Crippen molar-refractivity contribution in [2.45, 2.75) is 372 Å². The number of fused-ring (bicyclic) bond motifs is 2. The lowest BCUT2D eigenvalue weighted by atomic mass is 9.43. The molecule has 0 amide bonds. The predicted octanol–water partition coefficient (Wildman–Crippen LogP) is 26.1. The Bertz CT molecular complexity index is 1800. The van der Waals surface area contributed by atoms with E-state index in [1.807, 2.05) is 0 Å². The SMILES string of the molecule is C1CCC(C2CC(C3CCC(C4C5CCCCC5C(C5CCC(C6CC(C7CCCCC7)C(C7CCCCC7)C(C7CCCCC7)C6C6CCCCC6)CC5)C5CCCCC54)CC3)C(C3CCCCC3)C(C3CCCCC3)C2C2CCCCC2)CC1. The summed E-state index contributed by atoms with van der Waals surface area (Å²) in [7, 11) is 0. The van der Waals surface area contributed by atoms with Crippen molar-refractivity contribution in [2.24, 2.45) is 166 Å². The molecule has 15 fully saturated rings. The van der Waals surface area contributed by atoms with Gasteiger partial charge < -0.3 is 0 Å². The molecule has 488 valence electrons. The maximum Gasteiger partial charge on any atom is -0.0318 e. The van der Waals surface area contributed by atoms with Crippen LogP contribution in [0.5, 0.6) is 0 Å². The van der Waals surface area contributed by atoms with Crippen LogP contribution in [-0.4, -0.2) is 0 Å². The summed E-state index contributed by atoms with van der Waals surface area (Å²) in [6, 6.07) is 0. The molecule has 0 heteroatoms. The van der Waals surface area contributed by atoms with E-state index in [1.165, 1.54) is 0 Å². The zero-order valence-electron chi connectivity index (χ0n) is 57.2. The van der Waals surface area contributed by atoms with Gasteiger partial charge in [-0.3, -0.25) is 0 Å². The minimum absolute atomic E-state index is 1.08. The largest absolute Gasteiger partial charge is 0.0533 e. The first kappa shape index (κ1) is 62.1. The third-order valence-electron chi connectivity index (χ3n) is 34.2. The zero-order chi connectivity index (χ0) is 57.2. The van der Waals surface area contributed by atoms with Gasteiger partial charge in [-0.25, -0.2) is 0 Å². The van der Waals surface area contributed by atoms with E-state index < -0.39 is 0 Å². The molecule has 0 aromatic rings. The van der Waals surface area contributed by atoms with Crippen LogP contribution < -0.4 is 0 Å². The molecule has 0 nitrogen and oxygen atoms in total. The van der Waals surface area contributed by atoms with Crippen molar-refractivity contribution in [3.8, 4) is 0 Å². The highest BCUT2D eigenvalue weighted by Gasteiger charge is 2.60. The van der Waals surface area contributed by atoms with Crippen LogP contribution in [0.3, 0.4) is 0 Å². The van der Waals surface area contributed by atoms with E-state index in [0.29, 0.717) is 0 Å². The molecule has 14 unspecified atom stereocenters. The Balaban J connectivity index is 0.680. The van der Waals surface area contributed by atoms with Gasteiger partial charge in [-0.05, 0) is 256 Å². The van der Waals surface area contributed by atoms with E-state index in [0.717, 1.165) is 166 Å². The maximum atomic E-state index is 1.72. The van der Waals surface area contributed by atoms with Crippen molar-refractivity contribution < 1.29 is 0 Å². The van der Waals surface area contributed by atoms with Gasteiger partial charge in [-0.1, -0.05) is 283 Å². The van der Waals surface area contributed by atoms with Crippen molar-refractivity contribution in [1.82, 2.24) is 0 Å². The molecule has 0 saturated heterocycles. The van der Waals surface area contributed by atoms with Crippen molar-refractivity contribution in [2.75, 3.05) is 0 Å². The molecule has 0 bridgehead atoms. The Morgan fingerprint density at radius 3 is 0.465 bits per heavy atom. The summed E-state index contributed by atoms with van der Waals surface area (Å²) in [5.74, 6) is 30.7. The molecule has 15 aliphatic rings. The zero-order valence-corrected chi connectivity index (χ0v) is 57.2. The fourth-order valence-corrected chi connectivity index (χ4v) is 31.3. The molecule has 15 rings (SSSR count). The summed E-state index contributed by atoms with van der Waals surface area (Å²) >= 11 is 0. The summed E-state index contributed by atoms with van der Waals surface area (Å²) < 4.78 is 0. The van der Waals surface area contributed by atoms with E-state index in [9.17, 15) is 0 Å². The van der Waals surface area contributed by atoms with Crippen LogP contribution in [0.1, 0.15) is 372 Å². The van der Waals surface area contributed by atoms with Gasteiger partial charge in [0.25, 0.3) is 0 Å². The van der Waals surface area contributed by atoms with Gasteiger partial charge in [0.15, 0.2) is 0 Å². The second-order valence-corrected chi connectivity index (χ2v) is 37.5. The molecular formula is C86H144. The van der Waals surface area contributed by atoms with Crippen molar-refractivity contribution in [3.05, 3.63) is 0 Å². The van der Waals surface area contributed by atoms with E-state index in [2.05, 4.69) is 0 Å². The van der Waals surface area contributed by atoms with Gasteiger partial charge in [-0.15, -0.1) is 0 Å². The molecule has 0 aliphatic heterocycles. The first-order valence-electron chi connectivity index (χ1n) is 42.7. The summed E-state index contributed by atoms with van der Waals surface area (Å²) in [4.78, 5) is 0. The quantitative estimate of drug-likeness (QED) is 0.183.